The molecule has 33 heavy (non-hydrogen) atoms. The number of hydrogen-bond acceptors (Lipinski definition) is 6. The van der Waals surface area contributed by atoms with E-state index in [4.69, 9.17) is 4.74 Å². The zero-order valence-corrected chi connectivity index (χ0v) is 21.3. The number of hydrogen-bond donors (Lipinski definition) is 1. The minimum Gasteiger partial charge on any atom is -0.497 e. The third kappa shape index (κ3) is 5.22. The highest BCUT2D eigenvalue weighted by molar-refractivity contribution is 7.99. The quantitative estimate of drug-likeness (QED) is 0.520. The molecule has 2 aliphatic rings. The number of aromatic nitrogens is 3. The van der Waals surface area contributed by atoms with Gasteiger partial charge in [0, 0.05) is 11.7 Å². The first-order valence-corrected chi connectivity index (χ1v) is 13.1. The number of benzene rings is 1. The second-order valence-electron chi connectivity index (χ2n) is 9.75. The molecule has 8 heteroatoms. The summed E-state index contributed by atoms with van der Waals surface area (Å²) in [5, 5.41) is 13.0. The molecule has 0 radical (unpaired) electrons. The normalized spacial score (nSPS) is 23.6. The summed E-state index contributed by atoms with van der Waals surface area (Å²) in [6.07, 6.45) is 6.26. The third-order valence-corrected chi connectivity index (χ3v) is 8.38. The highest BCUT2D eigenvalue weighted by Gasteiger charge is 2.42. The summed E-state index contributed by atoms with van der Waals surface area (Å²) < 4.78 is 7.40. The number of amides is 1. The van der Waals surface area contributed by atoms with Crippen LogP contribution in [0.1, 0.15) is 57.8 Å². The standard InChI is InChI=1S/C25H37N5O2S/c1-6-22(29(3)4)24-27-28-25(30(24)19-9-11-20(32-5)12-10-19)33-15-23(31)26-16(2)21-14-17-7-8-18(21)13-17/h9-12,16-18,21-22H,6-8,13-15H2,1-5H3,(H,26,31). The number of carbonyl (C=O) groups is 1. The van der Waals surface area contributed by atoms with E-state index in [2.05, 4.69) is 52.9 Å². The SMILES string of the molecule is CCC(c1nnc(SCC(=O)NC(C)C2CC3CCC2C3)n1-c1ccc(OC)cc1)N(C)C. The first kappa shape index (κ1) is 24.1. The predicted molar refractivity (Wildman–Crippen MR) is 132 cm³/mol. The smallest absolute Gasteiger partial charge is 0.230 e. The number of thioether (sulfide) groups is 1. The summed E-state index contributed by atoms with van der Waals surface area (Å²) in [7, 11) is 5.77. The molecule has 2 saturated carbocycles. The van der Waals surface area contributed by atoms with Crippen LogP contribution in [-0.2, 0) is 4.79 Å². The molecule has 1 N–H and O–H groups in total. The van der Waals surface area contributed by atoms with Gasteiger partial charge in [0.2, 0.25) is 5.91 Å². The molecule has 180 valence electrons. The van der Waals surface area contributed by atoms with Gasteiger partial charge >= 0.3 is 0 Å². The van der Waals surface area contributed by atoms with Crippen LogP contribution < -0.4 is 10.1 Å². The molecule has 5 atom stereocenters. The van der Waals surface area contributed by atoms with Gasteiger partial charge in [0.15, 0.2) is 11.0 Å². The van der Waals surface area contributed by atoms with Crippen molar-refractivity contribution in [3.63, 3.8) is 0 Å². The van der Waals surface area contributed by atoms with Crippen LogP contribution in [0.3, 0.4) is 0 Å². The maximum atomic E-state index is 12.8. The lowest BCUT2D eigenvalue weighted by molar-refractivity contribution is -0.119. The first-order chi connectivity index (χ1) is 15.9. The second kappa shape index (κ2) is 10.5. The lowest BCUT2D eigenvalue weighted by Gasteiger charge is -2.28. The molecule has 0 aliphatic heterocycles. The van der Waals surface area contributed by atoms with Crippen LogP contribution in [0, 0.1) is 17.8 Å². The molecular weight excluding hydrogens is 434 g/mol. The maximum absolute atomic E-state index is 12.8. The molecule has 2 aliphatic carbocycles. The number of carbonyl (C=O) groups excluding carboxylic acids is 1. The highest BCUT2D eigenvalue weighted by atomic mass is 32.2. The summed E-state index contributed by atoms with van der Waals surface area (Å²) >= 11 is 1.45. The van der Waals surface area contributed by atoms with Gasteiger partial charge in [0.05, 0.1) is 18.9 Å². The molecule has 2 bridgehead atoms. The van der Waals surface area contributed by atoms with Gasteiger partial charge < -0.3 is 10.1 Å². The number of ether oxygens (including phenoxy) is 1. The fourth-order valence-electron chi connectivity index (χ4n) is 5.78. The van der Waals surface area contributed by atoms with Crippen molar-refractivity contribution in [3.8, 4) is 11.4 Å². The fourth-order valence-corrected chi connectivity index (χ4v) is 6.55. The Morgan fingerprint density at radius 2 is 2.00 bits per heavy atom. The van der Waals surface area contributed by atoms with Crippen molar-refractivity contribution < 1.29 is 9.53 Å². The molecule has 0 spiro atoms. The van der Waals surface area contributed by atoms with E-state index in [-0.39, 0.29) is 18.0 Å². The lowest BCUT2D eigenvalue weighted by Crippen LogP contribution is -2.40. The monoisotopic (exact) mass is 471 g/mol. The van der Waals surface area contributed by atoms with Crippen molar-refractivity contribution in [3.05, 3.63) is 30.1 Å². The van der Waals surface area contributed by atoms with E-state index < -0.39 is 0 Å². The van der Waals surface area contributed by atoms with Crippen molar-refractivity contribution in [2.24, 2.45) is 17.8 Å². The van der Waals surface area contributed by atoms with Crippen molar-refractivity contribution in [2.45, 2.75) is 63.2 Å². The van der Waals surface area contributed by atoms with Crippen LogP contribution in [0.15, 0.2) is 29.4 Å². The molecule has 1 aromatic carbocycles. The van der Waals surface area contributed by atoms with Crippen molar-refractivity contribution in [1.29, 1.82) is 0 Å². The average Bonchev–Trinajstić information content (AvgIpc) is 3.54. The van der Waals surface area contributed by atoms with Crippen LogP contribution >= 0.6 is 11.8 Å². The van der Waals surface area contributed by atoms with Gasteiger partial charge in [0.1, 0.15) is 5.75 Å². The Morgan fingerprint density at radius 3 is 2.58 bits per heavy atom. The molecule has 2 fully saturated rings. The van der Waals surface area contributed by atoms with Crippen molar-refractivity contribution in [1.82, 2.24) is 25.0 Å². The Kier molecular flexibility index (Phi) is 7.64. The van der Waals surface area contributed by atoms with Gasteiger partial charge in [-0.05, 0) is 88.7 Å². The zero-order valence-electron chi connectivity index (χ0n) is 20.5. The van der Waals surface area contributed by atoms with Crippen molar-refractivity contribution >= 4 is 17.7 Å². The summed E-state index contributed by atoms with van der Waals surface area (Å²) in [6, 6.07) is 8.26. The Balaban J connectivity index is 1.48. The molecule has 1 aromatic heterocycles. The number of methoxy groups -OCH3 is 1. The summed E-state index contributed by atoms with van der Waals surface area (Å²) in [5.74, 6) is 4.41. The number of fused-ring (bicyclic) bond motifs is 2. The van der Waals surface area contributed by atoms with E-state index in [1.807, 2.05) is 24.3 Å². The van der Waals surface area contributed by atoms with E-state index in [0.717, 1.165) is 40.7 Å². The lowest BCUT2D eigenvalue weighted by atomic mass is 9.84. The van der Waals surface area contributed by atoms with Crippen LogP contribution in [-0.4, -0.2) is 58.6 Å². The van der Waals surface area contributed by atoms with Gasteiger partial charge in [-0.1, -0.05) is 25.1 Å². The number of nitrogens with one attached hydrogen (secondary N) is 1. The number of rotatable bonds is 10. The maximum Gasteiger partial charge on any atom is 0.230 e. The average molecular weight is 472 g/mol. The van der Waals surface area contributed by atoms with Gasteiger partial charge in [-0.15, -0.1) is 10.2 Å². The predicted octanol–water partition coefficient (Wildman–Crippen LogP) is 4.32. The van der Waals surface area contributed by atoms with Crippen LogP contribution in [0.25, 0.3) is 5.69 Å². The zero-order chi connectivity index (χ0) is 23.5. The van der Waals surface area contributed by atoms with E-state index >= 15 is 0 Å². The van der Waals surface area contributed by atoms with Crippen molar-refractivity contribution in [2.75, 3.05) is 27.0 Å². The van der Waals surface area contributed by atoms with Gasteiger partial charge in [0.25, 0.3) is 0 Å². The minimum absolute atomic E-state index is 0.0701. The number of nitrogens with zero attached hydrogens (tertiary/aromatic N) is 4. The van der Waals surface area contributed by atoms with E-state index in [0.29, 0.717) is 11.7 Å². The van der Waals surface area contributed by atoms with Gasteiger partial charge in [-0.25, -0.2) is 0 Å². The molecule has 4 rings (SSSR count). The second-order valence-corrected chi connectivity index (χ2v) is 10.7. The summed E-state index contributed by atoms with van der Waals surface area (Å²) in [4.78, 5) is 15.0. The summed E-state index contributed by atoms with van der Waals surface area (Å²) in [6.45, 7) is 4.32. The summed E-state index contributed by atoms with van der Waals surface area (Å²) in [5.41, 5.74) is 0.967. The Hall–Kier alpha value is -2.06. The fraction of sp³-hybridized carbons (Fsp3) is 0.640. The van der Waals surface area contributed by atoms with Gasteiger partial charge in [-0.2, -0.15) is 0 Å². The molecule has 1 amide bonds. The van der Waals surface area contributed by atoms with Crippen LogP contribution in [0.2, 0.25) is 0 Å². The minimum atomic E-state index is 0.0701. The first-order valence-electron chi connectivity index (χ1n) is 12.1. The van der Waals surface area contributed by atoms with E-state index in [1.165, 1.54) is 37.4 Å². The topological polar surface area (TPSA) is 72.3 Å². The molecule has 1 heterocycles. The molecule has 5 unspecified atom stereocenters. The largest absolute Gasteiger partial charge is 0.497 e. The highest BCUT2D eigenvalue weighted by Crippen LogP contribution is 2.49. The molecule has 0 saturated heterocycles. The van der Waals surface area contributed by atoms with E-state index in [9.17, 15) is 4.79 Å². The molecule has 7 nitrogen and oxygen atoms in total. The third-order valence-electron chi connectivity index (χ3n) is 7.45. The van der Waals surface area contributed by atoms with Crippen LogP contribution in [0.4, 0.5) is 0 Å². The molecule has 2 aromatic rings. The van der Waals surface area contributed by atoms with Gasteiger partial charge in [-0.3, -0.25) is 14.3 Å². The Bertz CT molecular complexity index is 945. The van der Waals surface area contributed by atoms with E-state index in [1.54, 1.807) is 7.11 Å². The molecular formula is C25H37N5O2S. The van der Waals surface area contributed by atoms with Crippen LogP contribution in [0.5, 0.6) is 5.75 Å². The Labute approximate surface area is 201 Å². The Morgan fingerprint density at radius 1 is 1.24 bits per heavy atom.